The van der Waals surface area contributed by atoms with Crippen LogP contribution in [0.1, 0.15) is 0 Å². The number of benzene rings is 2. The van der Waals surface area contributed by atoms with Crippen LogP contribution in [0, 0.1) is 10.1 Å². The fourth-order valence-corrected chi connectivity index (χ4v) is 3.72. The number of non-ortho nitro benzene ring substituents is 1. The normalized spacial score (nSPS) is 11.0. The number of fused-ring (bicyclic) bond motifs is 2. The number of ether oxygens (including phenoxy) is 1. The van der Waals surface area contributed by atoms with E-state index in [2.05, 4.69) is 0 Å². The van der Waals surface area contributed by atoms with Crippen LogP contribution in [0.4, 0.5) is 5.69 Å². The lowest BCUT2D eigenvalue weighted by molar-refractivity contribution is -0.382. The molecule has 0 aliphatic carbocycles. The lowest BCUT2D eigenvalue weighted by Crippen LogP contribution is -2.04. The van der Waals surface area contributed by atoms with Crippen LogP contribution in [-0.2, 0) is 0 Å². The average molecular weight is 322 g/mol. The number of methoxy groups -OCH3 is 1. The minimum Gasteiger partial charge on any atom is -0.495 e. The van der Waals surface area contributed by atoms with E-state index in [4.69, 9.17) is 16.3 Å². The molecule has 1 aromatic heterocycles. The van der Waals surface area contributed by atoms with Crippen molar-refractivity contribution in [2.75, 3.05) is 7.11 Å². The van der Waals surface area contributed by atoms with Crippen molar-refractivity contribution < 1.29 is 9.66 Å². The van der Waals surface area contributed by atoms with Crippen molar-refractivity contribution in [2.45, 2.75) is 0 Å². The maximum Gasteiger partial charge on any atom is 0.291 e. The van der Waals surface area contributed by atoms with Gasteiger partial charge >= 0.3 is 0 Å². The SMILES string of the molecule is COc1cc([N+](=O)[O-])c2sc3ccccc3c(=O)c2c1Cl. The molecular formula is C14H8ClNO4S. The minimum absolute atomic E-state index is 0.102. The number of nitrogens with zero attached hydrogens (tertiary/aromatic N) is 1. The fourth-order valence-electron chi connectivity index (χ4n) is 2.18. The van der Waals surface area contributed by atoms with Crippen molar-refractivity contribution in [1.82, 2.24) is 0 Å². The summed E-state index contributed by atoms with van der Waals surface area (Å²) in [4.78, 5) is 23.3. The lowest BCUT2D eigenvalue weighted by atomic mass is 10.1. The Labute approximate surface area is 127 Å². The second-order valence-electron chi connectivity index (χ2n) is 4.30. The third-order valence-corrected chi connectivity index (χ3v) is 4.72. The zero-order valence-electron chi connectivity index (χ0n) is 10.8. The molecule has 0 bridgehead atoms. The summed E-state index contributed by atoms with van der Waals surface area (Å²) in [5, 5.41) is 12.0. The maximum atomic E-state index is 12.6. The fraction of sp³-hybridized carbons (Fsp3) is 0.0714. The van der Waals surface area contributed by atoms with Crippen LogP contribution in [0.25, 0.3) is 20.2 Å². The van der Waals surface area contributed by atoms with Crippen molar-refractivity contribution >= 4 is 48.8 Å². The summed E-state index contributed by atoms with van der Waals surface area (Å²) in [7, 11) is 1.35. The van der Waals surface area contributed by atoms with Crippen LogP contribution < -0.4 is 10.2 Å². The van der Waals surface area contributed by atoms with Crippen LogP contribution in [0.5, 0.6) is 5.75 Å². The number of hydrogen-bond acceptors (Lipinski definition) is 5. The topological polar surface area (TPSA) is 69.4 Å². The largest absolute Gasteiger partial charge is 0.495 e. The molecular weight excluding hydrogens is 314 g/mol. The number of nitro groups is 1. The molecule has 0 saturated carbocycles. The van der Waals surface area contributed by atoms with Gasteiger partial charge in [0.25, 0.3) is 5.69 Å². The molecule has 0 aliphatic heterocycles. The monoisotopic (exact) mass is 321 g/mol. The molecule has 0 amide bonds. The minimum atomic E-state index is -0.536. The number of halogens is 1. The highest BCUT2D eigenvalue weighted by Gasteiger charge is 2.22. The molecule has 2 aromatic carbocycles. The highest BCUT2D eigenvalue weighted by molar-refractivity contribution is 7.25. The van der Waals surface area contributed by atoms with E-state index in [1.807, 2.05) is 0 Å². The molecule has 0 atom stereocenters. The van der Waals surface area contributed by atoms with Gasteiger partial charge in [0.2, 0.25) is 0 Å². The van der Waals surface area contributed by atoms with Crippen LogP contribution in [0.2, 0.25) is 5.02 Å². The standard InChI is InChI=1S/C14H8ClNO4S/c1-20-9-6-8(16(18)19)14-11(12(9)15)13(17)7-4-2-3-5-10(7)21-14/h2-6H,1H3. The summed E-state index contributed by atoms with van der Waals surface area (Å²) in [6.07, 6.45) is 0. The third kappa shape index (κ3) is 2.03. The van der Waals surface area contributed by atoms with Crippen molar-refractivity contribution in [3.8, 4) is 5.75 Å². The zero-order valence-corrected chi connectivity index (χ0v) is 12.3. The molecule has 0 radical (unpaired) electrons. The predicted molar refractivity (Wildman–Crippen MR) is 83.8 cm³/mol. The van der Waals surface area contributed by atoms with Gasteiger partial charge in [0.05, 0.1) is 28.5 Å². The van der Waals surface area contributed by atoms with Crippen molar-refractivity contribution in [3.05, 3.63) is 55.7 Å². The van der Waals surface area contributed by atoms with Crippen molar-refractivity contribution in [3.63, 3.8) is 0 Å². The summed E-state index contributed by atoms with van der Waals surface area (Å²) in [6, 6.07) is 8.19. The van der Waals surface area contributed by atoms with Gasteiger partial charge in [-0.05, 0) is 12.1 Å². The van der Waals surface area contributed by atoms with Gasteiger partial charge in [0.1, 0.15) is 10.4 Å². The quantitative estimate of drug-likeness (QED) is 0.406. The maximum absolute atomic E-state index is 12.6. The molecule has 3 rings (SSSR count). The highest BCUT2D eigenvalue weighted by atomic mass is 35.5. The summed E-state index contributed by atoms with van der Waals surface area (Å²) < 4.78 is 5.98. The van der Waals surface area contributed by atoms with E-state index in [0.717, 1.165) is 0 Å². The molecule has 0 unspecified atom stereocenters. The first-order valence-corrected chi connectivity index (χ1v) is 7.10. The predicted octanol–water partition coefficient (Wildman–Crippen LogP) is 3.98. The molecule has 0 spiro atoms. The third-order valence-electron chi connectivity index (χ3n) is 3.15. The summed E-state index contributed by atoms with van der Waals surface area (Å²) in [5.74, 6) is 0.121. The number of rotatable bonds is 2. The number of hydrogen-bond donors (Lipinski definition) is 0. The smallest absolute Gasteiger partial charge is 0.291 e. The van der Waals surface area contributed by atoms with Gasteiger partial charge < -0.3 is 4.74 Å². The first-order valence-electron chi connectivity index (χ1n) is 5.91. The Morgan fingerprint density at radius 2 is 2.05 bits per heavy atom. The van der Waals surface area contributed by atoms with E-state index >= 15 is 0 Å². The molecule has 21 heavy (non-hydrogen) atoms. The second kappa shape index (κ2) is 4.98. The van der Waals surface area contributed by atoms with Crippen LogP contribution in [-0.4, -0.2) is 12.0 Å². The molecule has 0 N–H and O–H groups in total. The van der Waals surface area contributed by atoms with Crippen LogP contribution >= 0.6 is 22.9 Å². The molecule has 0 fully saturated rings. The summed E-state index contributed by atoms with van der Waals surface area (Å²) >= 11 is 7.36. The molecule has 0 saturated heterocycles. The Bertz CT molecular complexity index is 951. The Morgan fingerprint density at radius 1 is 1.33 bits per heavy atom. The highest BCUT2D eigenvalue weighted by Crippen LogP contribution is 2.40. The van der Waals surface area contributed by atoms with E-state index in [9.17, 15) is 14.9 Å². The van der Waals surface area contributed by atoms with Crippen LogP contribution in [0.3, 0.4) is 0 Å². The first-order chi connectivity index (χ1) is 10.0. The van der Waals surface area contributed by atoms with Crippen molar-refractivity contribution in [1.29, 1.82) is 0 Å². The molecule has 106 valence electrons. The van der Waals surface area contributed by atoms with Gasteiger partial charge in [-0.3, -0.25) is 14.9 Å². The van der Waals surface area contributed by atoms with Gasteiger partial charge in [-0.15, -0.1) is 11.3 Å². The van der Waals surface area contributed by atoms with E-state index in [-0.39, 0.29) is 32.0 Å². The molecule has 0 aliphatic rings. The van der Waals surface area contributed by atoms with Gasteiger partial charge in [-0.2, -0.15) is 0 Å². The van der Waals surface area contributed by atoms with E-state index in [1.165, 1.54) is 24.5 Å². The molecule has 3 aromatic rings. The first kappa shape index (κ1) is 13.8. The second-order valence-corrected chi connectivity index (χ2v) is 5.73. The lowest BCUT2D eigenvalue weighted by Gasteiger charge is -2.07. The van der Waals surface area contributed by atoms with Gasteiger partial charge in [0.15, 0.2) is 5.43 Å². The van der Waals surface area contributed by atoms with Crippen molar-refractivity contribution in [2.24, 2.45) is 0 Å². The Hall–Kier alpha value is -2.18. The Morgan fingerprint density at radius 3 is 2.71 bits per heavy atom. The van der Waals surface area contributed by atoms with Gasteiger partial charge in [0, 0.05) is 10.1 Å². The average Bonchev–Trinajstić information content (AvgIpc) is 2.47. The summed E-state index contributed by atoms with van der Waals surface area (Å²) in [6.45, 7) is 0. The summed E-state index contributed by atoms with van der Waals surface area (Å²) in [5.41, 5.74) is -0.509. The van der Waals surface area contributed by atoms with E-state index in [0.29, 0.717) is 10.1 Å². The molecule has 7 heteroatoms. The Balaban J connectivity index is 2.64. The molecule has 1 heterocycles. The zero-order chi connectivity index (χ0) is 15.1. The molecule has 5 nitrogen and oxygen atoms in total. The van der Waals surface area contributed by atoms with E-state index in [1.54, 1.807) is 24.3 Å². The Kier molecular flexibility index (Phi) is 3.27. The van der Waals surface area contributed by atoms with Gasteiger partial charge in [-0.1, -0.05) is 23.7 Å². The van der Waals surface area contributed by atoms with Crippen LogP contribution in [0.15, 0.2) is 35.1 Å². The van der Waals surface area contributed by atoms with Gasteiger partial charge in [-0.25, -0.2) is 0 Å². The number of nitro benzene ring substituents is 1. The van der Waals surface area contributed by atoms with E-state index < -0.39 is 4.92 Å².